The number of aliphatic hydroxyl groups excluding tert-OH is 1. The number of ether oxygens (including phenoxy) is 1. The van der Waals surface area contributed by atoms with E-state index in [-0.39, 0.29) is 24.3 Å². The predicted molar refractivity (Wildman–Crippen MR) is 132 cm³/mol. The first-order valence-corrected chi connectivity index (χ1v) is 12.2. The number of nitrogens with zero attached hydrogens (tertiary/aromatic N) is 3. The molecule has 0 unspecified atom stereocenters. The van der Waals surface area contributed by atoms with Crippen LogP contribution >= 0.6 is 0 Å². The molecule has 1 saturated carbocycles. The topological polar surface area (TPSA) is 127 Å². The Kier molecular flexibility index (Phi) is 7.75. The number of pyridine rings is 1. The monoisotopic (exact) mass is 534 g/mol. The molecule has 3 aromatic rings. The average Bonchev–Trinajstić information content (AvgIpc) is 3.30. The number of aliphatic hydroxyl groups is 1. The Balaban J connectivity index is 1.70. The highest BCUT2D eigenvalue weighted by Gasteiger charge is 2.33. The maximum atomic E-state index is 13.1. The lowest BCUT2D eigenvalue weighted by atomic mass is 9.87. The molecular weight excluding hydrogens is 505 g/mol. The molecule has 0 saturated heterocycles. The van der Waals surface area contributed by atoms with Crippen molar-refractivity contribution in [2.75, 3.05) is 18.5 Å². The van der Waals surface area contributed by atoms with Crippen LogP contribution in [0, 0.1) is 5.92 Å². The Bertz CT molecular complexity index is 1330. The van der Waals surface area contributed by atoms with Gasteiger partial charge in [0, 0.05) is 29.4 Å². The number of hydrogen-bond acceptors (Lipinski definition) is 6. The van der Waals surface area contributed by atoms with Crippen molar-refractivity contribution in [3.8, 4) is 0 Å². The summed E-state index contributed by atoms with van der Waals surface area (Å²) in [6.45, 7) is 2.81. The van der Waals surface area contributed by atoms with Gasteiger partial charge in [0.05, 0.1) is 17.2 Å². The SMILES string of the molecule is CC(C)(OCC(=O)O)c1cc2nn([C@H]3CC[C@H](CO)CC3)cc2cc1NC(=O)c1cccc(C(F)(F)F)n1. The number of halogens is 3. The van der Waals surface area contributed by atoms with Gasteiger partial charge < -0.3 is 20.3 Å². The van der Waals surface area contributed by atoms with E-state index in [2.05, 4.69) is 10.3 Å². The third kappa shape index (κ3) is 6.13. The molecular formula is C26H29F3N4O5. The summed E-state index contributed by atoms with van der Waals surface area (Å²) in [6.07, 6.45) is 0.590. The van der Waals surface area contributed by atoms with Crippen LogP contribution in [-0.4, -0.2) is 50.1 Å². The summed E-state index contributed by atoms with van der Waals surface area (Å²) in [5.74, 6) is -1.76. The van der Waals surface area contributed by atoms with Crippen LogP contribution in [-0.2, 0) is 21.3 Å². The zero-order valence-electron chi connectivity index (χ0n) is 21.0. The average molecular weight is 535 g/mol. The molecule has 204 valence electrons. The molecule has 1 aromatic carbocycles. The van der Waals surface area contributed by atoms with Crippen molar-refractivity contribution in [3.05, 3.63) is 53.5 Å². The van der Waals surface area contributed by atoms with Gasteiger partial charge in [-0.25, -0.2) is 9.78 Å². The van der Waals surface area contributed by atoms with Crippen molar-refractivity contribution >= 4 is 28.5 Å². The molecule has 9 nitrogen and oxygen atoms in total. The first kappa shape index (κ1) is 27.5. The van der Waals surface area contributed by atoms with Crippen LogP contribution in [0.4, 0.5) is 18.9 Å². The molecule has 2 heterocycles. The second-order valence-corrected chi connectivity index (χ2v) is 9.98. The van der Waals surface area contributed by atoms with Gasteiger partial charge in [0.15, 0.2) is 0 Å². The number of carbonyl (C=O) groups is 2. The third-order valence-corrected chi connectivity index (χ3v) is 6.84. The van der Waals surface area contributed by atoms with E-state index >= 15 is 0 Å². The highest BCUT2D eigenvalue weighted by Crippen LogP contribution is 2.37. The number of carbonyl (C=O) groups excluding carboxylic acids is 1. The van der Waals surface area contributed by atoms with Gasteiger partial charge in [-0.1, -0.05) is 6.07 Å². The van der Waals surface area contributed by atoms with Gasteiger partial charge in [0.1, 0.15) is 18.0 Å². The molecule has 12 heteroatoms. The van der Waals surface area contributed by atoms with Crippen LogP contribution in [0.25, 0.3) is 10.9 Å². The lowest BCUT2D eigenvalue weighted by molar-refractivity contribution is -0.148. The summed E-state index contributed by atoms with van der Waals surface area (Å²) >= 11 is 0. The molecule has 3 N–H and O–H groups in total. The van der Waals surface area contributed by atoms with Crippen LogP contribution in [0.3, 0.4) is 0 Å². The number of aromatic nitrogens is 3. The highest BCUT2D eigenvalue weighted by atomic mass is 19.4. The number of hydrogen-bond donors (Lipinski definition) is 3. The molecule has 0 spiro atoms. The van der Waals surface area contributed by atoms with Crippen LogP contribution in [0.5, 0.6) is 0 Å². The summed E-state index contributed by atoms with van der Waals surface area (Å²) in [7, 11) is 0. The van der Waals surface area contributed by atoms with Gasteiger partial charge in [-0.2, -0.15) is 18.3 Å². The molecule has 4 rings (SSSR count). The van der Waals surface area contributed by atoms with Gasteiger partial charge in [-0.15, -0.1) is 0 Å². The van der Waals surface area contributed by atoms with E-state index in [9.17, 15) is 27.9 Å². The van der Waals surface area contributed by atoms with Crippen molar-refractivity contribution in [1.82, 2.24) is 14.8 Å². The molecule has 0 atom stereocenters. The van der Waals surface area contributed by atoms with E-state index in [4.69, 9.17) is 14.9 Å². The first-order valence-electron chi connectivity index (χ1n) is 12.2. The number of carboxylic acids is 1. The van der Waals surface area contributed by atoms with Gasteiger partial charge in [-0.05, 0) is 69.7 Å². The number of aliphatic carboxylic acids is 1. The molecule has 0 bridgehead atoms. The smallest absolute Gasteiger partial charge is 0.433 e. The van der Waals surface area contributed by atoms with Gasteiger partial charge in [0.2, 0.25) is 0 Å². The molecule has 0 radical (unpaired) electrons. The van der Waals surface area contributed by atoms with Crippen LogP contribution in [0.2, 0.25) is 0 Å². The summed E-state index contributed by atoms with van der Waals surface area (Å²) in [4.78, 5) is 27.6. The van der Waals surface area contributed by atoms with Crippen molar-refractivity contribution in [3.63, 3.8) is 0 Å². The number of fused-ring (bicyclic) bond motifs is 1. The minimum Gasteiger partial charge on any atom is -0.480 e. The van der Waals surface area contributed by atoms with E-state index < -0.39 is 41.6 Å². The number of anilines is 1. The van der Waals surface area contributed by atoms with E-state index in [1.165, 1.54) is 6.07 Å². The van der Waals surface area contributed by atoms with Crippen LogP contribution in [0.15, 0.2) is 36.5 Å². The number of carboxylic acid groups (broad SMARTS) is 1. The van der Waals surface area contributed by atoms with Crippen molar-refractivity contribution in [2.45, 2.75) is 57.3 Å². The van der Waals surface area contributed by atoms with Crippen molar-refractivity contribution < 1.29 is 37.7 Å². The fourth-order valence-electron chi connectivity index (χ4n) is 4.70. The first-order chi connectivity index (χ1) is 17.9. The van der Waals surface area contributed by atoms with Crippen LogP contribution in [0.1, 0.15) is 67.3 Å². The van der Waals surface area contributed by atoms with Crippen molar-refractivity contribution in [1.29, 1.82) is 0 Å². The highest BCUT2D eigenvalue weighted by molar-refractivity contribution is 6.04. The third-order valence-electron chi connectivity index (χ3n) is 6.84. The normalized spacial score (nSPS) is 18.5. The lowest BCUT2D eigenvalue weighted by Crippen LogP contribution is -2.27. The summed E-state index contributed by atoms with van der Waals surface area (Å²) in [6, 6.07) is 6.52. The Morgan fingerprint density at radius 1 is 1.16 bits per heavy atom. The number of rotatable bonds is 8. The standard InChI is InChI=1S/C26H29F3N4O5/c1-25(2,38-14-23(35)36)18-11-20-16(12-33(32-20)17-8-6-15(13-34)7-9-17)10-21(18)31-24(37)19-4-3-5-22(30-19)26(27,28)29/h3-5,10-12,15,17,34H,6-9,13-14H2,1-2H3,(H,31,37)(H,35,36)/t15-,17-. The number of amides is 1. The Morgan fingerprint density at radius 3 is 2.50 bits per heavy atom. The molecule has 38 heavy (non-hydrogen) atoms. The molecule has 1 amide bonds. The predicted octanol–water partition coefficient (Wildman–Crippen LogP) is 4.76. The Morgan fingerprint density at radius 2 is 1.87 bits per heavy atom. The minimum absolute atomic E-state index is 0.136. The maximum absolute atomic E-state index is 13.1. The van der Waals surface area contributed by atoms with Crippen LogP contribution < -0.4 is 5.32 Å². The minimum atomic E-state index is -4.71. The van der Waals surface area contributed by atoms with E-state index in [0.29, 0.717) is 16.5 Å². The quantitative estimate of drug-likeness (QED) is 0.380. The molecule has 1 fully saturated rings. The lowest BCUT2D eigenvalue weighted by Gasteiger charge is -2.27. The largest absolute Gasteiger partial charge is 0.480 e. The number of benzene rings is 1. The fourth-order valence-corrected chi connectivity index (χ4v) is 4.70. The summed E-state index contributed by atoms with van der Waals surface area (Å²) in [5.41, 5.74) is -1.58. The number of alkyl halides is 3. The molecule has 1 aliphatic carbocycles. The Hall–Kier alpha value is -3.51. The zero-order valence-corrected chi connectivity index (χ0v) is 21.0. The van der Waals surface area contributed by atoms with Gasteiger partial charge in [-0.3, -0.25) is 9.48 Å². The van der Waals surface area contributed by atoms with Gasteiger partial charge in [0.25, 0.3) is 5.91 Å². The number of nitrogens with one attached hydrogen (secondary N) is 1. The van der Waals surface area contributed by atoms with E-state index in [1.54, 1.807) is 26.0 Å². The summed E-state index contributed by atoms with van der Waals surface area (Å²) < 4.78 is 46.8. The zero-order chi connectivity index (χ0) is 27.7. The molecule has 2 aromatic heterocycles. The van der Waals surface area contributed by atoms with E-state index in [0.717, 1.165) is 37.8 Å². The molecule has 0 aliphatic heterocycles. The van der Waals surface area contributed by atoms with Crippen molar-refractivity contribution in [2.24, 2.45) is 5.92 Å². The van der Waals surface area contributed by atoms with Gasteiger partial charge >= 0.3 is 12.1 Å². The molecule has 1 aliphatic rings. The maximum Gasteiger partial charge on any atom is 0.433 e. The van der Waals surface area contributed by atoms with E-state index in [1.807, 2.05) is 10.9 Å². The second-order valence-electron chi connectivity index (χ2n) is 9.98. The Labute approximate surface area is 216 Å². The second kappa shape index (κ2) is 10.7. The fraction of sp³-hybridized carbons (Fsp3) is 0.462. The summed E-state index contributed by atoms with van der Waals surface area (Å²) in [5, 5.41) is 26.5.